The van der Waals surface area contributed by atoms with E-state index >= 15 is 0 Å². The molecule has 0 radical (unpaired) electrons. The number of carbonyl (C=O) groups excluding carboxylic acids is 3. The monoisotopic (exact) mass is 504 g/mol. The fourth-order valence-corrected chi connectivity index (χ4v) is 4.29. The number of thiazole rings is 1. The number of rotatable bonds is 6. The predicted octanol–water partition coefficient (Wildman–Crippen LogP) is 3.55. The van der Waals surface area contributed by atoms with Gasteiger partial charge in [0.05, 0.1) is 12.2 Å². The molecular weight excluding hydrogens is 476 g/mol. The van der Waals surface area contributed by atoms with E-state index in [1.54, 1.807) is 57.3 Å². The van der Waals surface area contributed by atoms with Crippen molar-refractivity contribution < 1.29 is 14.4 Å². The van der Waals surface area contributed by atoms with Gasteiger partial charge >= 0.3 is 6.03 Å². The van der Waals surface area contributed by atoms with Crippen molar-refractivity contribution in [1.82, 2.24) is 10.3 Å². The zero-order chi connectivity index (χ0) is 25.9. The van der Waals surface area contributed by atoms with E-state index in [9.17, 15) is 14.4 Å². The molecule has 1 aliphatic rings. The topological polar surface area (TPSA) is 130 Å². The Morgan fingerprint density at radius 1 is 1.14 bits per heavy atom. The molecule has 1 aliphatic heterocycles. The van der Waals surface area contributed by atoms with E-state index in [0.29, 0.717) is 34.2 Å². The molecule has 4 N–H and O–H groups in total. The predicted molar refractivity (Wildman–Crippen MR) is 141 cm³/mol. The summed E-state index contributed by atoms with van der Waals surface area (Å²) >= 11 is 1.37. The zero-order valence-corrected chi connectivity index (χ0v) is 21.1. The summed E-state index contributed by atoms with van der Waals surface area (Å²) in [6, 6.07) is 13.7. The van der Waals surface area contributed by atoms with Gasteiger partial charge in [-0.15, -0.1) is 11.3 Å². The molecule has 0 aliphatic carbocycles. The molecule has 0 spiro atoms. The third-order valence-corrected chi connectivity index (χ3v) is 6.45. The minimum absolute atomic E-state index is 0.120. The van der Waals surface area contributed by atoms with Crippen LogP contribution in [0.15, 0.2) is 65.1 Å². The average Bonchev–Trinajstić information content (AvgIpc) is 3.35. The van der Waals surface area contributed by atoms with Gasteiger partial charge in [-0.2, -0.15) is 0 Å². The molecule has 1 unspecified atom stereocenters. The lowest BCUT2D eigenvalue weighted by atomic mass is 9.90. The van der Waals surface area contributed by atoms with Crippen molar-refractivity contribution in [3.05, 3.63) is 76.2 Å². The van der Waals surface area contributed by atoms with Gasteiger partial charge in [-0.05, 0) is 23.8 Å². The van der Waals surface area contributed by atoms with Gasteiger partial charge in [-0.1, -0.05) is 51.1 Å². The van der Waals surface area contributed by atoms with Gasteiger partial charge in [0.15, 0.2) is 5.78 Å². The van der Waals surface area contributed by atoms with Crippen LogP contribution in [0.4, 0.5) is 16.2 Å². The van der Waals surface area contributed by atoms with E-state index < -0.39 is 23.5 Å². The number of carbonyl (C=O) groups is 3. The number of para-hydroxylation sites is 1. The third kappa shape index (κ3) is 5.50. The van der Waals surface area contributed by atoms with E-state index in [1.807, 2.05) is 23.6 Å². The molecule has 0 saturated heterocycles. The van der Waals surface area contributed by atoms with Crippen LogP contribution in [0.25, 0.3) is 0 Å². The first kappa shape index (κ1) is 25.2. The normalized spacial score (nSPS) is 15.6. The highest BCUT2D eigenvalue weighted by atomic mass is 32.1. The summed E-state index contributed by atoms with van der Waals surface area (Å²) < 4.78 is 0. The SMILES string of the molecule is CC(C)(C)C(=O)CN1C(=O)C(NC(=O)Nc2cccc(CN)c2)N=C(c2nccs2)c2ccccc21. The van der Waals surface area contributed by atoms with Crippen molar-refractivity contribution in [2.75, 3.05) is 16.8 Å². The number of nitrogens with one attached hydrogen (secondary N) is 2. The van der Waals surface area contributed by atoms with Crippen LogP contribution >= 0.6 is 11.3 Å². The number of hydrogen-bond donors (Lipinski definition) is 3. The van der Waals surface area contributed by atoms with Crippen LogP contribution in [0, 0.1) is 5.41 Å². The van der Waals surface area contributed by atoms with Gasteiger partial charge in [0.2, 0.25) is 6.17 Å². The van der Waals surface area contributed by atoms with Gasteiger partial charge in [0.1, 0.15) is 10.7 Å². The van der Waals surface area contributed by atoms with Crippen LogP contribution < -0.4 is 21.3 Å². The number of anilines is 2. The van der Waals surface area contributed by atoms with Gasteiger partial charge in [0.25, 0.3) is 5.91 Å². The molecule has 36 heavy (non-hydrogen) atoms. The Bertz CT molecular complexity index is 1310. The smallest absolute Gasteiger partial charge is 0.321 e. The van der Waals surface area contributed by atoms with Crippen LogP contribution in [0.3, 0.4) is 0 Å². The molecule has 2 heterocycles. The first-order valence-corrected chi connectivity index (χ1v) is 12.3. The molecule has 2 aromatic carbocycles. The Kier molecular flexibility index (Phi) is 7.27. The molecular formula is C26H28N6O3S. The largest absolute Gasteiger partial charge is 0.326 e. The van der Waals surface area contributed by atoms with Gasteiger partial charge in [-0.25, -0.2) is 14.8 Å². The summed E-state index contributed by atoms with van der Waals surface area (Å²) in [7, 11) is 0. The van der Waals surface area contributed by atoms with E-state index in [1.165, 1.54) is 16.2 Å². The van der Waals surface area contributed by atoms with Crippen LogP contribution in [0.2, 0.25) is 0 Å². The lowest BCUT2D eigenvalue weighted by Crippen LogP contribution is -2.50. The summed E-state index contributed by atoms with van der Waals surface area (Å²) in [4.78, 5) is 50.1. The second kappa shape index (κ2) is 10.4. The number of amides is 3. The molecule has 4 rings (SSSR count). The van der Waals surface area contributed by atoms with Gasteiger partial charge in [0, 0.05) is 34.8 Å². The second-order valence-corrected chi connectivity index (χ2v) is 10.2. The Morgan fingerprint density at radius 3 is 2.61 bits per heavy atom. The number of urea groups is 1. The number of nitrogens with zero attached hydrogens (tertiary/aromatic N) is 3. The molecule has 0 saturated carbocycles. The van der Waals surface area contributed by atoms with Crippen LogP contribution in [-0.2, 0) is 16.1 Å². The fraction of sp³-hybridized carbons (Fsp3) is 0.269. The zero-order valence-electron chi connectivity index (χ0n) is 20.3. The quantitative estimate of drug-likeness (QED) is 0.473. The molecule has 9 nitrogen and oxygen atoms in total. The highest BCUT2D eigenvalue weighted by Gasteiger charge is 2.36. The third-order valence-electron chi connectivity index (χ3n) is 5.67. The van der Waals surface area contributed by atoms with Crippen LogP contribution in [0.5, 0.6) is 0 Å². The highest BCUT2D eigenvalue weighted by molar-refractivity contribution is 7.12. The van der Waals surface area contributed by atoms with E-state index in [-0.39, 0.29) is 12.3 Å². The van der Waals surface area contributed by atoms with E-state index in [2.05, 4.69) is 20.6 Å². The minimum Gasteiger partial charge on any atom is -0.326 e. The lowest BCUT2D eigenvalue weighted by molar-refractivity contribution is -0.127. The van der Waals surface area contributed by atoms with E-state index in [0.717, 1.165) is 5.56 Å². The highest BCUT2D eigenvalue weighted by Crippen LogP contribution is 2.30. The number of fused-ring (bicyclic) bond motifs is 1. The van der Waals surface area contributed by atoms with Gasteiger partial charge < -0.3 is 21.3 Å². The number of nitrogens with two attached hydrogens (primary N) is 1. The molecule has 1 atom stereocenters. The number of hydrogen-bond acceptors (Lipinski definition) is 7. The molecule has 1 aromatic heterocycles. The summed E-state index contributed by atoms with van der Waals surface area (Å²) in [6.07, 6.45) is 0.375. The molecule has 0 fully saturated rings. The Labute approximate surface area is 213 Å². The van der Waals surface area contributed by atoms with Crippen molar-refractivity contribution in [2.45, 2.75) is 33.5 Å². The number of benzene rings is 2. The summed E-state index contributed by atoms with van der Waals surface area (Å²) in [5, 5.41) is 7.81. The maximum absolute atomic E-state index is 13.8. The Hall–Kier alpha value is -3.89. The van der Waals surface area contributed by atoms with Crippen LogP contribution in [0.1, 0.15) is 36.9 Å². The number of benzodiazepines with no additional fused rings is 1. The van der Waals surface area contributed by atoms with Crippen LogP contribution in [-0.4, -0.2) is 41.1 Å². The van der Waals surface area contributed by atoms with Crippen molar-refractivity contribution in [2.24, 2.45) is 16.1 Å². The molecule has 186 valence electrons. The van der Waals surface area contributed by atoms with Crippen molar-refractivity contribution in [1.29, 1.82) is 0 Å². The number of ketones is 1. The van der Waals surface area contributed by atoms with Crippen molar-refractivity contribution in [3.63, 3.8) is 0 Å². The summed E-state index contributed by atoms with van der Waals surface area (Å²) in [5.74, 6) is -0.636. The van der Waals surface area contributed by atoms with Crippen molar-refractivity contribution >= 4 is 46.1 Å². The van der Waals surface area contributed by atoms with E-state index in [4.69, 9.17) is 5.73 Å². The Balaban J connectivity index is 1.72. The first-order valence-electron chi connectivity index (χ1n) is 11.5. The second-order valence-electron chi connectivity index (χ2n) is 9.34. The number of aliphatic imine (C=N–C) groups is 1. The number of Topliss-reactive ketones (excluding diaryl/α,β-unsaturated/α-hetero) is 1. The maximum Gasteiger partial charge on any atom is 0.321 e. The molecule has 3 amide bonds. The fourth-order valence-electron chi connectivity index (χ4n) is 3.65. The lowest BCUT2D eigenvalue weighted by Gasteiger charge is -2.28. The standard InChI is InChI=1S/C26H28N6O3S/c1-26(2,3)20(33)15-32-19-10-5-4-9-18(19)21(23-28-11-12-36-23)30-22(24(32)34)31-25(35)29-17-8-6-7-16(13-17)14-27/h4-13,22H,14-15,27H2,1-3H3,(H2,29,31,35). The Morgan fingerprint density at radius 2 is 1.92 bits per heavy atom. The first-order chi connectivity index (χ1) is 17.2. The molecule has 3 aromatic rings. The maximum atomic E-state index is 13.8. The average molecular weight is 505 g/mol. The van der Waals surface area contributed by atoms with Crippen molar-refractivity contribution in [3.8, 4) is 0 Å². The minimum atomic E-state index is -1.28. The summed E-state index contributed by atoms with van der Waals surface area (Å²) in [5.41, 5.74) is 8.08. The van der Waals surface area contributed by atoms with Gasteiger partial charge in [-0.3, -0.25) is 9.59 Å². The molecule has 0 bridgehead atoms. The number of aromatic nitrogens is 1. The summed E-state index contributed by atoms with van der Waals surface area (Å²) in [6.45, 7) is 5.59. The molecule has 10 heteroatoms.